The first kappa shape index (κ1) is 184. The quantitative estimate of drug-likeness (QED) is 0.260. The molecule has 0 aliphatic carbocycles. The average molecular weight is 2910 g/mol. The second-order valence-electron chi connectivity index (χ2n) is 6.78. The van der Waals surface area contributed by atoms with Gasteiger partial charge < -0.3 is 5.11 Å². The van der Waals surface area contributed by atoms with Gasteiger partial charge in [-0.15, -0.1) is 0 Å². The van der Waals surface area contributed by atoms with Crippen molar-refractivity contribution >= 4 is 835 Å². The summed E-state index contributed by atoms with van der Waals surface area (Å²) in [6.07, 6.45) is 0.192. The normalized spacial score (nSPS) is 9.21. The topological polar surface area (TPSA) is 20.2 Å². The summed E-state index contributed by atoms with van der Waals surface area (Å²) in [4.78, 5) is 0. The second kappa shape index (κ2) is 172. The van der Waals surface area contributed by atoms with E-state index in [-0.39, 0.29) is 13.0 Å². The van der Waals surface area contributed by atoms with Crippen LogP contribution in [0.15, 0.2) is 0 Å². The summed E-state index contributed by atoms with van der Waals surface area (Å²) in [6.45, 7) is -0.0868. The summed E-state index contributed by atoms with van der Waals surface area (Å²) in [5.74, 6) is 0. The van der Waals surface area contributed by atoms with E-state index < -0.39 is 103 Å². The second-order valence-corrected chi connectivity index (χ2v) is 54.8. The molecule has 0 atom stereocenters. The molecule has 0 unspecified atom stereocenters. The SMILES string of the molecule is ClC(Cl)Cl.ClC(Cl)Cl.ClC(Cl)Cl.ClC(Cl)Cl.ClC(Cl)Cl.ClC(Cl)Cl.ClC(Cl)Cl.ClC(Cl)Cl.ClC(Cl)Cl.ClC(Cl)Cl.ClC(Cl)Cl.ClC(Cl)Cl.ClC(Cl)Cl.ClC(Cl)Cl.ClC(Cl)Cl.ClC(Cl)Cl.ClC(Cl)Cl.ClC(Cl)Cl.ClC(Cl)Cl.ClC(Cl)Cl.ClC(Cl)Cl.ClC(Cl)Cl.ClC(Cl)Cl.OCCC(Cl)(Cl)Cl. The third kappa shape index (κ3) is 2630. The molecule has 0 fully saturated rings. The number of hydrogen-bond acceptors (Lipinski definition) is 1. The lowest BCUT2D eigenvalue weighted by molar-refractivity contribution is 0.290. The smallest absolute Gasteiger partial charge is 0.192 e. The van der Waals surface area contributed by atoms with Crippen LogP contribution in [0.1, 0.15) is 6.42 Å². The summed E-state index contributed by atoms with van der Waals surface area (Å²) in [6, 6.07) is 0. The predicted octanol–water partition coefficient (Wildman–Crippen LogP) is 47.4. The molecular formula is C26H28Cl72O. The molecule has 0 spiro atoms. The summed E-state index contributed by atoms with van der Waals surface area (Å²) in [7, 11) is 0. The minimum absolute atomic E-state index is 0.0868. The molecule has 0 aliphatic heterocycles. The number of aliphatic hydroxyl groups excluding tert-OH is 1. The van der Waals surface area contributed by atoms with Crippen molar-refractivity contribution in [3.05, 3.63) is 0 Å². The molecule has 0 aromatic rings. The van der Waals surface area contributed by atoms with Crippen LogP contribution >= 0.6 is 835 Å². The van der Waals surface area contributed by atoms with E-state index in [2.05, 4.69) is 0 Å². The minimum Gasteiger partial charge on any atom is -0.396 e. The van der Waals surface area contributed by atoms with Crippen LogP contribution in [0.5, 0.6) is 0 Å². The summed E-state index contributed by atoms with van der Waals surface area (Å²) < 4.78 is -18.5. The molecule has 99 heavy (non-hydrogen) atoms. The van der Waals surface area contributed by atoms with Gasteiger partial charge in [0.05, 0.1) is 0 Å². The highest BCUT2D eigenvalue weighted by atomic mass is 35.7. The van der Waals surface area contributed by atoms with Crippen LogP contribution in [-0.4, -0.2) is 114 Å². The maximum atomic E-state index is 8.15. The van der Waals surface area contributed by atoms with Gasteiger partial charge >= 0.3 is 0 Å². The number of aliphatic hydroxyl groups is 1. The number of hydrogen-bond donors (Lipinski definition) is 1. The van der Waals surface area contributed by atoms with E-state index in [1.165, 1.54) is 0 Å². The van der Waals surface area contributed by atoms with Crippen LogP contribution < -0.4 is 0 Å². The van der Waals surface area contributed by atoms with Crippen molar-refractivity contribution in [3.63, 3.8) is 0 Å². The van der Waals surface area contributed by atoms with E-state index in [1.54, 1.807) is 0 Å². The molecule has 0 saturated carbocycles. The average Bonchev–Trinajstić information content (AvgIpc) is 3.16. The fourth-order valence-corrected chi connectivity index (χ4v) is 0.380. The van der Waals surface area contributed by atoms with E-state index in [9.17, 15) is 0 Å². The van der Waals surface area contributed by atoms with E-state index in [0.717, 1.165) is 0 Å². The fourth-order valence-electron chi connectivity index (χ4n) is 0.127. The highest BCUT2D eigenvalue weighted by molar-refractivity contribution is 6.72. The van der Waals surface area contributed by atoms with Crippen LogP contribution in [0.2, 0.25) is 0 Å². The van der Waals surface area contributed by atoms with Crippen LogP contribution in [0.25, 0.3) is 0 Å². The van der Waals surface area contributed by atoms with Gasteiger partial charge in [-0.05, 0) is 0 Å². The van der Waals surface area contributed by atoms with Crippen LogP contribution in [0.4, 0.5) is 0 Å². The molecule has 0 aromatic carbocycles. The molecule has 0 aliphatic rings. The van der Waals surface area contributed by atoms with Crippen molar-refractivity contribution in [2.24, 2.45) is 0 Å². The van der Waals surface area contributed by atoms with E-state index in [1.807, 2.05) is 0 Å². The Morgan fingerprint density at radius 2 is 0.152 bits per heavy atom. The monoisotopic (exact) mass is 2870 g/mol. The summed E-state index contributed by atoms with van der Waals surface area (Å²) in [5.41, 5.74) is 0. The van der Waals surface area contributed by atoms with Crippen LogP contribution in [0, 0.1) is 0 Å². The zero-order valence-corrected chi connectivity index (χ0v) is 97.3. The summed E-state index contributed by atoms with van der Waals surface area (Å²) >= 11 is 347. The largest absolute Gasteiger partial charge is 0.396 e. The Balaban J connectivity index is -0.0000000270. The number of halogens is 72. The Bertz CT molecular complexity index is 624. The van der Waals surface area contributed by atoms with Gasteiger partial charge in [-0.25, -0.2) is 0 Å². The Hall–Kier alpha value is 20.8. The van der Waals surface area contributed by atoms with E-state index in [0.29, 0.717) is 0 Å². The lowest BCUT2D eigenvalue weighted by Gasteiger charge is -2.05. The molecule has 73 heteroatoms. The Labute approximate surface area is 938 Å². The third-order valence-electron chi connectivity index (χ3n) is 0.395. The van der Waals surface area contributed by atoms with Crippen LogP contribution in [-0.2, 0) is 0 Å². The lowest BCUT2D eigenvalue weighted by Crippen LogP contribution is -2.03. The van der Waals surface area contributed by atoms with Crippen molar-refractivity contribution in [1.29, 1.82) is 0 Å². The maximum Gasteiger partial charge on any atom is 0.192 e. The minimum atomic E-state index is -1.28. The van der Waals surface area contributed by atoms with Gasteiger partial charge in [-0.1, -0.05) is 835 Å². The number of rotatable bonds is 1. The first-order valence-corrected chi connectivity index (χ1v) is 48.0. The summed E-state index contributed by atoms with van der Waals surface area (Å²) in [5, 5.41) is 8.15. The highest BCUT2D eigenvalue weighted by Crippen LogP contribution is 2.29. The van der Waals surface area contributed by atoms with E-state index >= 15 is 0 Å². The van der Waals surface area contributed by atoms with E-state index in [4.69, 9.17) is 840 Å². The van der Waals surface area contributed by atoms with Gasteiger partial charge in [0.15, 0.2) is 103 Å². The number of alkyl halides is 72. The Morgan fingerprint density at radius 3 is 0.152 bits per heavy atom. The zero-order valence-electron chi connectivity index (χ0n) is 42.9. The van der Waals surface area contributed by atoms with Gasteiger partial charge in [0.25, 0.3) is 0 Å². The van der Waals surface area contributed by atoms with Crippen molar-refractivity contribution in [1.82, 2.24) is 0 Å². The van der Waals surface area contributed by atoms with Crippen molar-refractivity contribution in [3.8, 4) is 0 Å². The van der Waals surface area contributed by atoms with Gasteiger partial charge in [0.1, 0.15) is 0 Å². The first-order valence-electron chi connectivity index (χ1n) is 16.8. The molecule has 0 heterocycles. The highest BCUT2D eigenvalue weighted by Gasteiger charge is 2.17. The van der Waals surface area contributed by atoms with Gasteiger partial charge in [0, 0.05) is 13.0 Å². The molecule has 0 radical (unpaired) electrons. The molecule has 642 valence electrons. The molecule has 0 saturated heterocycles. The fraction of sp³-hybridized carbons (Fsp3) is 1.00. The first-order chi connectivity index (χ1) is 42.9. The lowest BCUT2D eigenvalue weighted by atomic mass is 10.5. The van der Waals surface area contributed by atoms with Crippen LogP contribution in [0.3, 0.4) is 0 Å². The molecule has 0 bridgehead atoms. The van der Waals surface area contributed by atoms with Gasteiger partial charge in [0.2, 0.25) is 0 Å². The molecule has 0 aromatic heterocycles. The van der Waals surface area contributed by atoms with Crippen molar-refractivity contribution < 1.29 is 5.11 Å². The molecule has 0 amide bonds. The standard InChI is InChI=1S/C3H5Cl3O.23CHCl3/c4-3(5,6)1-2-7;23*2-1(3)4/h7H,1-2H2;23*1H. The van der Waals surface area contributed by atoms with Crippen molar-refractivity contribution in [2.75, 3.05) is 6.61 Å². The van der Waals surface area contributed by atoms with Gasteiger partial charge in [-0.3, -0.25) is 0 Å². The molecule has 0 rings (SSSR count). The molecule has 1 N–H and O–H groups in total. The van der Waals surface area contributed by atoms with Gasteiger partial charge in [-0.2, -0.15) is 0 Å². The maximum absolute atomic E-state index is 8.15. The Morgan fingerprint density at radius 1 is 0.121 bits per heavy atom. The molecule has 1 nitrogen and oxygen atoms in total. The Kier molecular flexibility index (Phi) is 321. The predicted molar refractivity (Wildman–Crippen MR) is 523 cm³/mol. The molecular weight excluding hydrogens is 2880 g/mol. The zero-order chi connectivity index (χ0) is 88.2. The van der Waals surface area contributed by atoms with Crippen molar-refractivity contribution in [2.45, 2.75) is 109 Å². The third-order valence-corrected chi connectivity index (χ3v) is 0.962.